The Morgan fingerprint density at radius 2 is 1.31 bits per heavy atom. The van der Waals surface area contributed by atoms with Gasteiger partial charge >= 0.3 is 5.97 Å². The van der Waals surface area contributed by atoms with Crippen molar-refractivity contribution in [2.75, 3.05) is 0 Å². The molecule has 29 heavy (non-hydrogen) atoms. The van der Waals surface area contributed by atoms with Gasteiger partial charge in [0.2, 0.25) is 0 Å². The SMILES string of the molecule is CCCCCCCCCC(C)C(=O)O/C1=C/CCCCCCCCCCCCC1. The zero-order valence-corrected chi connectivity index (χ0v) is 19.8. The third-order valence-corrected chi connectivity index (χ3v) is 6.37. The molecule has 2 heteroatoms. The predicted molar refractivity (Wildman–Crippen MR) is 126 cm³/mol. The maximum absolute atomic E-state index is 12.6. The number of carbonyl (C=O) groups is 1. The van der Waals surface area contributed by atoms with Gasteiger partial charge in [0.05, 0.1) is 5.92 Å². The first-order chi connectivity index (χ1) is 14.2. The summed E-state index contributed by atoms with van der Waals surface area (Å²) in [6, 6.07) is 0. The highest BCUT2D eigenvalue weighted by Gasteiger charge is 2.16. The molecule has 0 aromatic rings. The Morgan fingerprint density at radius 3 is 1.93 bits per heavy atom. The first-order valence-corrected chi connectivity index (χ1v) is 13.1. The van der Waals surface area contributed by atoms with Gasteiger partial charge in [0.15, 0.2) is 0 Å². The highest BCUT2D eigenvalue weighted by Crippen LogP contribution is 2.20. The lowest BCUT2D eigenvalue weighted by Gasteiger charge is -2.14. The molecule has 0 radical (unpaired) electrons. The molecule has 0 N–H and O–H groups in total. The number of hydrogen-bond acceptors (Lipinski definition) is 2. The van der Waals surface area contributed by atoms with Gasteiger partial charge in [-0.05, 0) is 31.8 Å². The molecule has 2 nitrogen and oxygen atoms in total. The molecular formula is C27H50O2. The average molecular weight is 407 g/mol. The van der Waals surface area contributed by atoms with Crippen LogP contribution in [0, 0.1) is 5.92 Å². The average Bonchev–Trinajstić information content (AvgIpc) is 2.73. The lowest BCUT2D eigenvalue weighted by molar-refractivity contribution is -0.144. The third kappa shape index (κ3) is 15.7. The van der Waals surface area contributed by atoms with Crippen molar-refractivity contribution in [2.45, 2.75) is 149 Å². The van der Waals surface area contributed by atoms with Crippen molar-refractivity contribution in [2.24, 2.45) is 5.92 Å². The standard InChI is InChI=1S/C27H50O2/c1-3-4-5-6-13-16-19-22-25(2)27(28)29-26-23-20-17-14-11-9-7-8-10-12-15-18-21-24-26/h23,25H,3-22,24H2,1-2H3/b26-23+. The minimum absolute atomic E-state index is 0.000138. The summed E-state index contributed by atoms with van der Waals surface area (Å²) in [6.45, 7) is 4.31. The third-order valence-electron chi connectivity index (χ3n) is 6.37. The van der Waals surface area contributed by atoms with E-state index in [0.29, 0.717) is 0 Å². The Kier molecular flexibility index (Phi) is 17.4. The highest BCUT2D eigenvalue weighted by molar-refractivity contribution is 5.73. The van der Waals surface area contributed by atoms with Gasteiger partial charge in [-0.1, -0.05) is 117 Å². The number of carbonyl (C=O) groups excluding carboxylic acids is 1. The van der Waals surface area contributed by atoms with E-state index in [4.69, 9.17) is 4.74 Å². The number of esters is 1. The summed E-state index contributed by atoms with van der Waals surface area (Å²) < 4.78 is 5.87. The highest BCUT2D eigenvalue weighted by atomic mass is 16.5. The largest absolute Gasteiger partial charge is 0.431 e. The molecule has 0 fully saturated rings. The fourth-order valence-electron chi connectivity index (χ4n) is 4.25. The number of rotatable bonds is 10. The van der Waals surface area contributed by atoms with Gasteiger partial charge in [-0.2, -0.15) is 0 Å². The lowest BCUT2D eigenvalue weighted by Crippen LogP contribution is -2.15. The Balaban J connectivity index is 2.31. The summed E-state index contributed by atoms with van der Waals surface area (Å²) in [7, 11) is 0. The summed E-state index contributed by atoms with van der Waals surface area (Å²) in [5, 5.41) is 0. The Hall–Kier alpha value is -0.790. The van der Waals surface area contributed by atoms with Crippen LogP contribution in [-0.4, -0.2) is 5.97 Å². The second-order valence-corrected chi connectivity index (χ2v) is 9.33. The van der Waals surface area contributed by atoms with Crippen LogP contribution < -0.4 is 0 Å². The minimum Gasteiger partial charge on any atom is -0.431 e. The number of unbranched alkanes of at least 4 members (excludes halogenated alkanes) is 6. The molecule has 0 aromatic heterocycles. The molecule has 0 spiro atoms. The summed E-state index contributed by atoms with van der Waals surface area (Å²) in [4.78, 5) is 12.6. The zero-order chi connectivity index (χ0) is 21.0. The van der Waals surface area contributed by atoms with Gasteiger partial charge in [0.25, 0.3) is 0 Å². The van der Waals surface area contributed by atoms with E-state index >= 15 is 0 Å². The van der Waals surface area contributed by atoms with Crippen molar-refractivity contribution in [1.29, 1.82) is 0 Å². The van der Waals surface area contributed by atoms with E-state index < -0.39 is 0 Å². The van der Waals surface area contributed by atoms with Gasteiger partial charge in [-0.15, -0.1) is 0 Å². The summed E-state index contributed by atoms with van der Waals surface area (Å²) in [6.07, 6.45) is 28.9. The van der Waals surface area contributed by atoms with Gasteiger partial charge in [0, 0.05) is 6.42 Å². The molecule has 170 valence electrons. The van der Waals surface area contributed by atoms with Crippen LogP contribution in [0.15, 0.2) is 11.8 Å². The molecular weight excluding hydrogens is 356 g/mol. The van der Waals surface area contributed by atoms with E-state index in [9.17, 15) is 4.79 Å². The maximum Gasteiger partial charge on any atom is 0.313 e. The fourth-order valence-corrected chi connectivity index (χ4v) is 4.25. The van der Waals surface area contributed by atoms with Crippen LogP contribution in [0.1, 0.15) is 149 Å². The van der Waals surface area contributed by atoms with E-state index in [-0.39, 0.29) is 11.9 Å². The van der Waals surface area contributed by atoms with E-state index in [2.05, 4.69) is 13.0 Å². The monoisotopic (exact) mass is 406 g/mol. The normalized spacial score (nSPS) is 20.7. The van der Waals surface area contributed by atoms with Crippen LogP contribution in [0.4, 0.5) is 0 Å². The Bertz CT molecular complexity index is 413. The molecule has 1 aliphatic carbocycles. The summed E-state index contributed by atoms with van der Waals surface area (Å²) in [5.74, 6) is 0.986. The minimum atomic E-state index is 0.000138. The second-order valence-electron chi connectivity index (χ2n) is 9.33. The topological polar surface area (TPSA) is 26.3 Å². The van der Waals surface area contributed by atoms with Crippen LogP contribution in [0.25, 0.3) is 0 Å². The van der Waals surface area contributed by atoms with Gasteiger partial charge < -0.3 is 4.74 Å². The summed E-state index contributed by atoms with van der Waals surface area (Å²) >= 11 is 0. The van der Waals surface area contributed by atoms with Crippen molar-refractivity contribution in [3.63, 3.8) is 0 Å². The predicted octanol–water partition coefficient (Wildman–Crippen LogP) is 9.28. The van der Waals surface area contributed by atoms with Crippen LogP contribution in [0.2, 0.25) is 0 Å². The Morgan fingerprint density at radius 1 is 0.793 bits per heavy atom. The smallest absolute Gasteiger partial charge is 0.313 e. The van der Waals surface area contributed by atoms with Gasteiger partial charge in [0.1, 0.15) is 5.76 Å². The van der Waals surface area contributed by atoms with Crippen molar-refractivity contribution >= 4 is 5.97 Å². The number of hydrogen-bond donors (Lipinski definition) is 0. The Labute approximate surface area is 182 Å². The lowest BCUT2D eigenvalue weighted by atomic mass is 10.0. The van der Waals surface area contributed by atoms with E-state index in [1.54, 1.807) is 0 Å². The van der Waals surface area contributed by atoms with Gasteiger partial charge in [-0.3, -0.25) is 4.79 Å². The quantitative estimate of drug-likeness (QED) is 0.267. The molecule has 0 aliphatic heterocycles. The van der Waals surface area contributed by atoms with Crippen molar-refractivity contribution in [1.82, 2.24) is 0 Å². The molecule has 0 aromatic carbocycles. The molecule has 1 unspecified atom stereocenters. The maximum atomic E-state index is 12.6. The molecule has 0 saturated heterocycles. The van der Waals surface area contributed by atoms with Crippen LogP contribution in [0.3, 0.4) is 0 Å². The summed E-state index contributed by atoms with van der Waals surface area (Å²) in [5.41, 5.74) is 0. The van der Waals surface area contributed by atoms with Crippen LogP contribution in [-0.2, 0) is 9.53 Å². The van der Waals surface area contributed by atoms with Crippen molar-refractivity contribution < 1.29 is 9.53 Å². The van der Waals surface area contributed by atoms with Crippen molar-refractivity contribution in [3.8, 4) is 0 Å². The van der Waals surface area contributed by atoms with E-state index in [1.807, 2.05) is 6.92 Å². The van der Waals surface area contributed by atoms with Crippen LogP contribution in [0.5, 0.6) is 0 Å². The van der Waals surface area contributed by atoms with Gasteiger partial charge in [-0.25, -0.2) is 0 Å². The molecule has 1 aliphatic rings. The second kappa shape index (κ2) is 19.2. The zero-order valence-electron chi connectivity index (χ0n) is 19.8. The van der Waals surface area contributed by atoms with Crippen molar-refractivity contribution in [3.05, 3.63) is 11.8 Å². The van der Waals surface area contributed by atoms with Crippen LogP contribution >= 0.6 is 0 Å². The molecule has 0 amide bonds. The van der Waals surface area contributed by atoms with E-state index in [1.165, 1.54) is 103 Å². The molecule has 0 saturated carbocycles. The molecule has 1 atom stereocenters. The first kappa shape index (κ1) is 26.2. The molecule has 0 heterocycles. The molecule has 0 bridgehead atoms. The molecule has 1 rings (SSSR count). The fraction of sp³-hybridized carbons (Fsp3) is 0.889. The first-order valence-electron chi connectivity index (χ1n) is 13.1. The van der Waals surface area contributed by atoms with E-state index in [0.717, 1.165) is 37.9 Å². The number of ether oxygens (including phenoxy) is 1. The number of allylic oxidation sites excluding steroid dienone is 2.